The number of aliphatic hydroxyl groups excluding tert-OH is 1. The molecule has 1 saturated heterocycles. The fourth-order valence-corrected chi connectivity index (χ4v) is 1.65. The number of nitrogens with zero attached hydrogens (tertiary/aromatic N) is 1. The van der Waals surface area contributed by atoms with E-state index >= 15 is 0 Å². The van der Waals surface area contributed by atoms with Crippen molar-refractivity contribution in [3.63, 3.8) is 0 Å². The van der Waals surface area contributed by atoms with Gasteiger partial charge in [-0.05, 0) is 19.4 Å². The Kier molecular flexibility index (Phi) is 4.90. The van der Waals surface area contributed by atoms with Gasteiger partial charge in [-0.1, -0.05) is 6.92 Å². The minimum atomic E-state index is -0.201. The van der Waals surface area contributed by atoms with Crippen LogP contribution in [0.1, 0.15) is 26.2 Å². The van der Waals surface area contributed by atoms with Crippen LogP contribution in [0, 0.1) is 0 Å². The van der Waals surface area contributed by atoms with Crippen molar-refractivity contribution >= 4 is 5.91 Å². The summed E-state index contributed by atoms with van der Waals surface area (Å²) in [5.41, 5.74) is 0. The lowest BCUT2D eigenvalue weighted by Gasteiger charge is -2.29. The third-order valence-electron chi connectivity index (χ3n) is 2.58. The first-order chi connectivity index (χ1) is 6.74. The molecule has 2 N–H and O–H groups in total. The third kappa shape index (κ3) is 3.64. The van der Waals surface area contributed by atoms with Crippen LogP contribution in [0.25, 0.3) is 0 Å². The van der Waals surface area contributed by atoms with Crippen molar-refractivity contribution in [2.75, 3.05) is 26.2 Å². The Balaban J connectivity index is 2.17. The Hall–Kier alpha value is -0.610. The molecule has 4 nitrogen and oxygen atoms in total. The number of carbonyl (C=O) groups excluding carboxylic acids is 1. The van der Waals surface area contributed by atoms with Crippen LogP contribution in [0.2, 0.25) is 0 Å². The zero-order chi connectivity index (χ0) is 10.4. The van der Waals surface area contributed by atoms with E-state index in [0.717, 1.165) is 25.9 Å². The van der Waals surface area contributed by atoms with Gasteiger partial charge in [0.15, 0.2) is 0 Å². The summed E-state index contributed by atoms with van der Waals surface area (Å²) in [5, 5.41) is 12.4. The average molecular weight is 200 g/mol. The highest BCUT2D eigenvalue weighted by atomic mass is 16.3. The van der Waals surface area contributed by atoms with Crippen molar-refractivity contribution < 1.29 is 9.90 Å². The summed E-state index contributed by atoms with van der Waals surface area (Å²) in [7, 11) is 0. The van der Waals surface area contributed by atoms with Crippen molar-refractivity contribution in [3.8, 4) is 0 Å². The highest BCUT2D eigenvalue weighted by Gasteiger charge is 2.20. The molecule has 0 atom stereocenters. The second-order valence-electron chi connectivity index (χ2n) is 3.72. The minimum Gasteiger partial charge on any atom is -0.393 e. The van der Waals surface area contributed by atoms with Crippen LogP contribution in [-0.2, 0) is 4.79 Å². The molecule has 1 aliphatic rings. The molecule has 0 radical (unpaired) electrons. The van der Waals surface area contributed by atoms with Crippen LogP contribution in [0.3, 0.4) is 0 Å². The lowest BCUT2D eigenvalue weighted by atomic mass is 10.1. The number of aliphatic hydroxyl groups is 1. The van der Waals surface area contributed by atoms with Crippen LogP contribution in [0.4, 0.5) is 0 Å². The van der Waals surface area contributed by atoms with E-state index in [4.69, 9.17) is 0 Å². The summed E-state index contributed by atoms with van der Waals surface area (Å²) in [6, 6.07) is 0. The molecular formula is C10H20N2O2. The van der Waals surface area contributed by atoms with E-state index in [2.05, 4.69) is 5.32 Å². The molecule has 0 aromatic heterocycles. The van der Waals surface area contributed by atoms with Gasteiger partial charge in [0.25, 0.3) is 0 Å². The van der Waals surface area contributed by atoms with E-state index in [-0.39, 0.29) is 12.0 Å². The molecule has 82 valence electrons. The molecule has 4 heteroatoms. The van der Waals surface area contributed by atoms with E-state index in [1.54, 1.807) is 0 Å². The minimum absolute atomic E-state index is 0.201. The van der Waals surface area contributed by atoms with Gasteiger partial charge < -0.3 is 15.3 Å². The number of carbonyl (C=O) groups is 1. The average Bonchev–Trinajstić information content (AvgIpc) is 2.19. The molecule has 14 heavy (non-hydrogen) atoms. The number of amides is 1. The molecule has 0 spiro atoms. The van der Waals surface area contributed by atoms with Gasteiger partial charge in [0.1, 0.15) is 0 Å². The zero-order valence-electron chi connectivity index (χ0n) is 8.83. The van der Waals surface area contributed by atoms with Gasteiger partial charge in [-0.3, -0.25) is 4.79 Å². The SMILES string of the molecule is CCNCCC(=O)N1CCC(O)CC1. The Morgan fingerprint density at radius 2 is 2.14 bits per heavy atom. The van der Waals surface area contributed by atoms with Crippen LogP contribution in [0.5, 0.6) is 0 Å². The number of piperidine rings is 1. The molecule has 0 aromatic carbocycles. The Bertz CT molecular complexity index is 177. The molecule has 1 amide bonds. The van der Waals surface area contributed by atoms with Crippen LogP contribution in [-0.4, -0.2) is 48.2 Å². The van der Waals surface area contributed by atoms with E-state index in [9.17, 15) is 9.90 Å². The van der Waals surface area contributed by atoms with Crippen LogP contribution >= 0.6 is 0 Å². The molecule has 1 heterocycles. The van der Waals surface area contributed by atoms with Gasteiger partial charge in [-0.15, -0.1) is 0 Å². The molecule has 1 rings (SSSR count). The first-order valence-electron chi connectivity index (χ1n) is 5.40. The molecular weight excluding hydrogens is 180 g/mol. The highest BCUT2D eigenvalue weighted by Crippen LogP contribution is 2.10. The summed E-state index contributed by atoms with van der Waals surface area (Å²) in [4.78, 5) is 13.4. The number of hydrogen-bond donors (Lipinski definition) is 2. The van der Waals surface area contributed by atoms with Gasteiger partial charge in [0, 0.05) is 26.1 Å². The molecule has 0 aromatic rings. The first kappa shape index (κ1) is 11.5. The second kappa shape index (κ2) is 5.98. The molecule has 1 fully saturated rings. The molecule has 0 aliphatic carbocycles. The standard InChI is InChI=1S/C10H20N2O2/c1-2-11-6-3-10(14)12-7-4-9(13)5-8-12/h9,11,13H,2-8H2,1H3. The van der Waals surface area contributed by atoms with Gasteiger partial charge in [-0.2, -0.15) is 0 Å². The summed E-state index contributed by atoms with van der Waals surface area (Å²) >= 11 is 0. The number of nitrogens with one attached hydrogen (secondary N) is 1. The fraction of sp³-hybridized carbons (Fsp3) is 0.900. The smallest absolute Gasteiger partial charge is 0.223 e. The van der Waals surface area contributed by atoms with E-state index in [1.165, 1.54) is 0 Å². The van der Waals surface area contributed by atoms with E-state index < -0.39 is 0 Å². The lowest BCUT2D eigenvalue weighted by molar-refractivity contribution is -0.133. The van der Waals surface area contributed by atoms with Crippen molar-refractivity contribution in [2.45, 2.75) is 32.3 Å². The van der Waals surface area contributed by atoms with Crippen molar-refractivity contribution in [1.29, 1.82) is 0 Å². The fourth-order valence-electron chi connectivity index (χ4n) is 1.65. The van der Waals surface area contributed by atoms with Crippen LogP contribution in [0.15, 0.2) is 0 Å². The molecule has 0 bridgehead atoms. The van der Waals surface area contributed by atoms with Gasteiger partial charge in [0.05, 0.1) is 6.10 Å². The Labute approximate surface area is 85.3 Å². The maximum Gasteiger partial charge on any atom is 0.223 e. The second-order valence-corrected chi connectivity index (χ2v) is 3.72. The predicted octanol–water partition coefficient (Wildman–Crippen LogP) is -0.0307. The Morgan fingerprint density at radius 1 is 1.50 bits per heavy atom. The van der Waals surface area contributed by atoms with Crippen molar-refractivity contribution in [2.24, 2.45) is 0 Å². The topological polar surface area (TPSA) is 52.6 Å². The zero-order valence-corrected chi connectivity index (χ0v) is 8.83. The van der Waals surface area contributed by atoms with Gasteiger partial charge in [-0.25, -0.2) is 0 Å². The highest BCUT2D eigenvalue weighted by molar-refractivity contribution is 5.76. The summed E-state index contributed by atoms with van der Waals surface area (Å²) in [6.07, 6.45) is 1.83. The summed E-state index contributed by atoms with van der Waals surface area (Å²) < 4.78 is 0. The number of hydrogen-bond acceptors (Lipinski definition) is 3. The Morgan fingerprint density at radius 3 is 2.71 bits per heavy atom. The molecule has 0 unspecified atom stereocenters. The summed E-state index contributed by atoms with van der Waals surface area (Å²) in [5.74, 6) is 0.206. The lowest BCUT2D eigenvalue weighted by Crippen LogP contribution is -2.41. The van der Waals surface area contributed by atoms with Gasteiger partial charge in [0.2, 0.25) is 5.91 Å². The largest absolute Gasteiger partial charge is 0.393 e. The number of rotatable bonds is 4. The van der Waals surface area contributed by atoms with E-state index in [0.29, 0.717) is 19.5 Å². The van der Waals surface area contributed by atoms with Crippen LogP contribution < -0.4 is 5.32 Å². The van der Waals surface area contributed by atoms with Crippen molar-refractivity contribution in [3.05, 3.63) is 0 Å². The summed E-state index contributed by atoms with van der Waals surface area (Å²) in [6.45, 7) is 5.13. The van der Waals surface area contributed by atoms with Crippen molar-refractivity contribution in [1.82, 2.24) is 10.2 Å². The normalized spacial score (nSPS) is 18.6. The number of likely N-dealkylation sites (tertiary alicyclic amines) is 1. The predicted molar refractivity (Wildman–Crippen MR) is 55.0 cm³/mol. The van der Waals surface area contributed by atoms with Gasteiger partial charge >= 0.3 is 0 Å². The maximum atomic E-state index is 11.6. The quantitative estimate of drug-likeness (QED) is 0.627. The third-order valence-corrected chi connectivity index (χ3v) is 2.58. The molecule has 1 aliphatic heterocycles. The maximum absolute atomic E-state index is 11.6. The van der Waals surface area contributed by atoms with E-state index in [1.807, 2.05) is 11.8 Å². The molecule has 0 saturated carbocycles. The first-order valence-corrected chi connectivity index (χ1v) is 5.40. The monoisotopic (exact) mass is 200 g/mol.